The van der Waals surface area contributed by atoms with Gasteiger partial charge in [0.2, 0.25) is 0 Å². The van der Waals surface area contributed by atoms with E-state index < -0.39 is 12.1 Å². The van der Waals surface area contributed by atoms with E-state index in [1.165, 1.54) is 4.90 Å². The lowest BCUT2D eigenvalue weighted by molar-refractivity contribution is -0.154. The molecule has 1 aliphatic heterocycles. The molecule has 26 heavy (non-hydrogen) atoms. The lowest BCUT2D eigenvalue weighted by Gasteiger charge is -2.31. The van der Waals surface area contributed by atoms with Crippen molar-refractivity contribution in [3.05, 3.63) is 35.7 Å². The molecule has 1 N–H and O–H groups in total. The third-order valence-corrected chi connectivity index (χ3v) is 4.11. The molecule has 0 aliphatic carbocycles. The molecule has 0 saturated carbocycles. The number of carbonyl (C=O) groups is 2. The van der Waals surface area contributed by atoms with Crippen molar-refractivity contribution in [3.63, 3.8) is 0 Å². The summed E-state index contributed by atoms with van der Waals surface area (Å²) in [5.74, 6) is -0.554. The molecule has 0 unspecified atom stereocenters. The minimum Gasteiger partial charge on any atom is -0.479 e. The lowest BCUT2D eigenvalue weighted by Crippen LogP contribution is -2.48. The zero-order chi connectivity index (χ0) is 18.9. The second-order valence-corrected chi connectivity index (χ2v) is 7.17. The number of aliphatic carboxylic acids is 1. The van der Waals surface area contributed by atoms with E-state index in [4.69, 9.17) is 14.4 Å². The SMILES string of the molecule is CC(C)(C)c1noc(-c2ccccc2C(=O)N2CCO[C@@H](C(=O)O)C2)n1. The molecule has 0 radical (unpaired) electrons. The highest BCUT2D eigenvalue weighted by Crippen LogP contribution is 2.27. The third-order valence-electron chi connectivity index (χ3n) is 4.11. The van der Waals surface area contributed by atoms with Crippen LogP contribution >= 0.6 is 0 Å². The Hall–Kier alpha value is -2.74. The van der Waals surface area contributed by atoms with Gasteiger partial charge in [0, 0.05) is 12.0 Å². The minimum atomic E-state index is -1.08. The van der Waals surface area contributed by atoms with Crippen LogP contribution in [0.1, 0.15) is 37.0 Å². The molecular formula is C18H21N3O5. The molecule has 1 fully saturated rings. The molecule has 0 spiro atoms. The van der Waals surface area contributed by atoms with Crippen molar-refractivity contribution in [2.24, 2.45) is 0 Å². The Labute approximate surface area is 150 Å². The smallest absolute Gasteiger partial charge is 0.334 e. The van der Waals surface area contributed by atoms with E-state index in [1.54, 1.807) is 24.3 Å². The Morgan fingerprint density at radius 2 is 2.00 bits per heavy atom. The maximum Gasteiger partial charge on any atom is 0.334 e. The average molecular weight is 359 g/mol. The molecule has 2 heterocycles. The van der Waals surface area contributed by atoms with Gasteiger partial charge in [0.1, 0.15) is 0 Å². The highest BCUT2D eigenvalue weighted by molar-refractivity contribution is 6.00. The number of nitrogens with zero attached hydrogens (tertiary/aromatic N) is 3. The Morgan fingerprint density at radius 3 is 2.65 bits per heavy atom. The van der Waals surface area contributed by atoms with E-state index in [0.717, 1.165) is 0 Å². The summed E-state index contributed by atoms with van der Waals surface area (Å²) in [4.78, 5) is 30.0. The molecule has 138 valence electrons. The van der Waals surface area contributed by atoms with Crippen molar-refractivity contribution in [1.29, 1.82) is 0 Å². The molecule has 3 rings (SSSR count). The molecule has 1 aromatic heterocycles. The Kier molecular flexibility index (Phi) is 4.78. The largest absolute Gasteiger partial charge is 0.479 e. The molecule has 8 heteroatoms. The van der Waals surface area contributed by atoms with Crippen LogP contribution in [0.2, 0.25) is 0 Å². The molecule has 8 nitrogen and oxygen atoms in total. The number of benzene rings is 1. The fraction of sp³-hybridized carbons (Fsp3) is 0.444. The summed E-state index contributed by atoms with van der Waals surface area (Å²) >= 11 is 0. The van der Waals surface area contributed by atoms with Crippen molar-refractivity contribution in [3.8, 4) is 11.5 Å². The van der Waals surface area contributed by atoms with Gasteiger partial charge in [-0.1, -0.05) is 38.1 Å². The number of hydrogen-bond donors (Lipinski definition) is 1. The quantitative estimate of drug-likeness (QED) is 0.893. The molecule has 1 aliphatic rings. The zero-order valence-corrected chi connectivity index (χ0v) is 14.9. The number of amides is 1. The molecule has 1 saturated heterocycles. The van der Waals surface area contributed by atoms with Crippen LogP contribution in [0.25, 0.3) is 11.5 Å². The van der Waals surface area contributed by atoms with Crippen molar-refractivity contribution in [1.82, 2.24) is 15.0 Å². The van der Waals surface area contributed by atoms with Gasteiger partial charge < -0.3 is 19.3 Å². The molecule has 0 bridgehead atoms. The van der Waals surface area contributed by atoms with Gasteiger partial charge in [-0.25, -0.2) is 4.79 Å². The fourth-order valence-corrected chi connectivity index (χ4v) is 2.65. The van der Waals surface area contributed by atoms with Crippen molar-refractivity contribution >= 4 is 11.9 Å². The van der Waals surface area contributed by atoms with Gasteiger partial charge in [0.05, 0.1) is 24.3 Å². The second-order valence-electron chi connectivity index (χ2n) is 7.17. The van der Waals surface area contributed by atoms with Crippen LogP contribution in [0.3, 0.4) is 0 Å². The third kappa shape index (κ3) is 3.60. The molecule has 1 aromatic carbocycles. The van der Waals surface area contributed by atoms with Gasteiger partial charge in [-0.3, -0.25) is 4.79 Å². The van der Waals surface area contributed by atoms with Crippen LogP contribution in [0, 0.1) is 0 Å². The van der Waals surface area contributed by atoms with Gasteiger partial charge in [-0.05, 0) is 12.1 Å². The van der Waals surface area contributed by atoms with Crippen LogP contribution in [-0.4, -0.2) is 57.8 Å². The van der Waals surface area contributed by atoms with Crippen molar-refractivity contribution in [2.45, 2.75) is 32.3 Å². The standard InChI is InChI=1S/C18H21N3O5/c1-18(2,3)17-19-14(26-20-17)11-6-4-5-7-12(11)15(22)21-8-9-25-13(10-21)16(23)24/h4-7,13H,8-10H2,1-3H3,(H,23,24)/t13-/m1/s1. The highest BCUT2D eigenvalue weighted by Gasteiger charge is 2.31. The van der Waals surface area contributed by atoms with Gasteiger partial charge >= 0.3 is 5.97 Å². The number of aromatic nitrogens is 2. The predicted octanol–water partition coefficient (Wildman–Crippen LogP) is 1.96. The van der Waals surface area contributed by atoms with Crippen LogP contribution in [-0.2, 0) is 14.9 Å². The van der Waals surface area contributed by atoms with E-state index in [2.05, 4.69) is 10.1 Å². The molecule has 2 aromatic rings. The molecule has 1 atom stereocenters. The maximum absolute atomic E-state index is 13.0. The minimum absolute atomic E-state index is 0.000421. The van der Waals surface area contributed by atoms with Crippen LogP contribution < -0.4 is 0 Å². The number of carboxylic acids is 1. The summed E-state index contributed by atoms with van der Waals surface area (Å²) in [6, 6.07) is 6.94. The lowest BCUT2D eigenvalue weighted by atomic mass is 9.96. The van der Waals surface area contributed by atoms with Gasteiger partial charge in [-0.2, -0.15) is 4.98 Å². The summed E-state index contributed by atoms with van der Waals surface area (Å²) in [6.45, 7) is 6.42. The maximum atomic E-state index is 13.0. The monoisotopic (exact) mass is 359 g/mol. The first-order valence-electron chi connectivity index (χ1n) is 8.34. The second kappa shape index (κ2) is 6.87. The van der Waals surface area contributed by atoms with Crippen LogP contribution in [0.4, 0.5) is 0 Å². The van der Waals surface area contributed by atoms with E-state index in [9.17, 15) is 9.59 Å². The number of morpholine rings is 1. The van der Waals surface area contributed by atoms with E-state index in [0.29, 0.717) is 23.5 Å². The Balaban J connectivity index is 1.91. The predicted molar refractivity (Wildman–Crippen MR) is 91.7 cm³/mol. The summed E-state index contributed by atoms with van der Waals surface area (Å²) in [5, 5.41) is 13.1. The van der Waals surface area contributed by atoms with E-state index in [1.807, 2.05) is 20.8 Å². The van der Waals surface area contributed by atoms with Gasteiger partial charge in [-0.15, -0.1) is 0 Å². The highest BCUT2D eigenvalue weighted by atomic mass is 16.5. The zero-order valence-electron chi connectivity index (χ0n) is 14.9. The first-order chi connectivity index (χ1) is 12.3. The average Bonchev–Trinajstić information content (AvgIpc) is 3.11. The summed E-state index contributed by atoms with van der Waals surface area (Å²) in [5.41, 5.74) is 0.640. The Morgan fingerprint density at radius 1 is 1.27 bits per heavy atom. The summed E-state index contributed by atoms with van der Waals surface area (Å²) in [7, 11) is 0. The normalized spacial score (nSPS) is 18.0. The number of rotatable bonds is 3. The fourth-order valence-electron chi connectivity index (χ4n) is 2.65. The first-order valence-corrected chi connectivity index (χ1v) is 8.34. The number of hydrogen-bond acceptors (Lipinski definition) is 6. The molecular weight excluding hydrogens is 338 g/mol. The summed E-state index contributed by atoms with van der Waals surface area (Å²) in [6.07, 6.45) is -1.02. The molecule has 1 amide bonds. The van der Waals surface area contributed by atoms with Crippen molar-refractivity contribution < 1.29 is 24.0 Å². The van der Waals surface area contributed by atoms with Crippen LogP contribution in [0.5, 0.6) is 0 Å². The topological polar surface area (TPSA) is 106 Å². The van der Waals surface area contributed by atoms with E-state index >= 15 is 0 Å². The first kappa shape index (κ1) is 18.1. The number of carboxylic acid groups (broad SMARTS) is 1. The Bertz CT molecular complexity index is 824. The summed E-state index contributed by atoms with van der Waals surface area (Å²) < 4.78 is 10.5. The van der Waals surface area contributed by atoms with Crippen molar-refractivity contribution in [2.75, 3.05) is 19.7 Å². The van der Waals surface area contributed by atoms with Gasteiger partial charge in [0.25, 0.3) is 11.8 Å². The number of ether oxygens (including phenoxy) is 1. The number of carbonyl (C=O) groups excluding carboxylic acids is 1. The van der Waals surface area contributed by atoms with Crippen LogP contribution in [0.15, 0.2) is 28.8 Å². The van der Waals surface area contributed by atoms with E-state index in [-0.39, 0.29) is 30.4 Å². The van der Waals surface area contributed by atoms with Gasteiger partial charge in [0.15, 0.2) is 11.9 Å².